The zero-order valence-electron chi connectivity index (χ0n) is 12.8. The van der Waals surface area contributed by atoms with Crippen LogP contribution in [0.2, 0.25) is 0 Å². The minimum Gasteiger partial charge on any atom is -0.338 e. The molecule has 1 heterocycles. The molecule has 1 aliphatic carbocycles. The molecule has 1 fully saturated rings. The summed E-state index contributed by atoms with van der Waals surface area (Å²) in [4.78, 5) is 15.9. The molecule has 2 aromatic rings. The average Bonchev–Trinajstić information content (AvgIpc) is 3.33. The van der Waals surface area contributed by atoms with Gasteiger partial charge in [-0.25, -0.2) is 4.79 Å². The van der Waals surface area contributed by atoms with E-state index in [4.69, 9.17) is 0 Å². The average molecular weight is 295 g/mol. The van der Waals surface area contributed by atoms with E-state index in [2.05, 4.69) is 39.9 Å². The van der Waals surface area contributed by atoms with Gasteiger partial charge in [-0.1, -0.05) is 30.3 Å². The predicted octanol–water partition coefficient (Wildman–Crippen LogP) is 2.99. The number of hydrogen-bond acceptors (Lipinski definition) is 2. The van der Waals surface area contributed by atoms with Gasteiger partial charge in [0.1, 0.15) is 0 Å². The van der Waals surface area contributed by atoms with Crippen LogP contribution in [-0.2, 0) is 6.54 Å². The smallest absolute Gasteiger partial charge is 0.315 e. The standard InChI is InChI=1S/C18H21N3O/c1-13-7-8-19-10-16(13)12-21-18(22)20-11-15-9-17(15)14-5-3-2-4-6-14/h2-8,10,15,17H,9,11-12H2,1H3,(H2,20,21,22)/t15-,17-/m0/s1. The van der Waals surface area contributed by atoms with E-state index in [1.165, 1.54) is 5.56 Å². The van der Waals surface area contributed by atoms with Crippen molar-refractivity contribution < 1.29 is 4.79 Å². The molecular weight excluding hydrogens is 274 g/mol. The normalized spacial score (nSPS) is 19.5. The topological polar surface area (TPSA) is 54.0 Å². The third-order valence-electron chi connectivity index (χ3n) is 4.26. The van der Waals surface area contributed by atoms with Crippen LogP contribution >= 0.6 is 0 Å². The molecule has 114 valence electrons. The Bertz CT molecular complexity index is 642. The Labute approximate surface area is 131 Å². The van der Waals surface area contributed by atoms with Gasteiger partial charge in [0.2, 0.25) is 0 Å². The van der Waals surface area contributed by atoms with E-state index >= 15 is 0 Å². The molecule has 4 heteroatoms. The Morgan fingerprint density at radius 3 is 2.82 bits per heavy atom. The van der Waals surface area contributed by atoms with E-state index in [1.54, 1.807) is 12.4 Å². The molecule has 22 heavy (non-hydrogen) atoms. The Morgan fingerprint density at radius 1 is 1.23 bits per heavy atom. The third-order valence-corrected chi connectivity index (χ3v) is 4.26. The first-order valence-corrected chi connectivity index (χ1v) is 7.70. The zero-order chi connectivity index (χ0) is 15.4. The van der Waals surface area contributed by atoms with Gasteiger partial charge in [0.05, 0.1) is 0 Å². The molecule has 0 spiro atoms. The highest BCUT2D eigenvalue weighted by atomic mass is 16.2. The number of benzene rings is 1. The quantitative estimate of drug-likeness (QED) is 0.891. The summed E-state index contributed by atoms with van der Waals surface area (Å²) in [6.45, 7) is 3.26. The summed E-state index contributed by atoms with van der Waals surface area (Å²) < 4.78 is 0. The molecule has 0 aliphatic heterocycles. The molecule has 2 amide bonds. The first-order chi connectivity index (χ1) is 10.7. The monoisotopic (exact) mass is 295 g/mol. The van der Waals surface area contributed by atoms with E-state index in [-0.39, 0.29) is 6.03 Å². The van der Waals surface area contributed by atoms with Gasteiger partial charge in [-0.2, -0.15) is 0 Å². The Kier molecular flexibility index (Phi) is 4.37. The van der Waals surface area contributed by atoms with Crippen molar-refractivity contribution in [1.29, 1.82) is 0 Å². The second kappa shape index (κ2) is 6.60. The molecule has 1 aromatic carbocycles. The maximum absolute atomic E-state index is 11.9. The minimum atomic E-state index is -0.109. The molecule has 0 radical (unpaired) electrons. The number of rotatable bonds is 5. The number of carbonyl (C=O) groups is 1. The van der Waals surface area contributed by atoms with Gasteiger partial charge in [-0.05, 0) is 47.9 Å². The number of aromatic nitrogens is 1. The van der Waals surface area contributed by atoms with Crippen molar-refractivity contribution in [2.24, 2.45) is 5.92 Å². The Hall–Kier alpha value is -2.36. The number of nitrogens with one attached hydrogen (secondary N) is 2. The summed E-state index contributed by atoms with van der Waals surface area (Å²) in [6.07, 6.45) is 4.71. The van der Waals surface area contributed by atoms with Crippen molar-refractivity contribution in [3.8, 4) is 0 Å². The number of amides is 2. The fraction of sp³-hybridized carbons (Fsp3) is 0.333. The largest absolute Gasteiger partial charge is 0.338 e. The van der Waals surface area contributed by atoms with E-state index in [0.29, 0.717) is 18.4 Å². The summed E-state index contributed by atoms with van der Waals surface area (Å²) in [7, 11) is 0. The second-order valence-electron chi connectivity index (χ2n) is 5.88. The van der Waals surface area contributed by atoms with Crippen LogP contribution in [0.15, 0.2) is 48.8 Å². The second-order valence-corrected chi connectivity index (χ2v) is 5.88. The number of urea groups is 1. The van der Waals surface area contributed by atoms with Crippen molar-refractivity contribution in [1.82, 2.24) is 15.6 Å². The van der Waals surface area contributed by atoms with Crippen LogP contribution in [0.3, 0.4) is 0 Å². The molecule has 4 nitrogen and oxygen atoms in total. The van der Waals surface area contributed by atoms with Crippen LogP contribution in [0.5, 0.6) is 0 Å². The van der Waals surface area contributed by atoms with Gasteiger partial charge in [-0.3, -0.25) is 4.98 Å². The summed E-state index contributed by atoms with van der Waals surface area (Å²) in [5, 5.41) is 5.85. The molecular formula is C18H21N3O. The van der Waals surface area contributed by atoms with Gasteiger partial charge in [0.25, 0.3) is 0 Å². The molecule has 1 aromatic heterocycles. The van der Waals surface area contributed by atoms with Gasteiger partial charge in [0.15, 0.2) is 0 Å². The number of aryl methyl sites for hydroxylation is 1. The lowest BCUT2D eigenvalue weighted by Gasteiger charge is -2.09. The number of nitrogens with zero attached hydrogens (tertiary/aromatic N) is 1. The molecule has 1 aliphatic rings. The number of hydrogen-bond donors (Lipinski definition) is 2. The highest BCUT2D eigenvalue weighted by Crippen LogP contribution is 2.46. The third kappa shape index (κ3) is 3.64. The molecule has 2 atom stereocenters. The van der Waals surface area contributed by atoms with Crippen molar-refractivity contribution in [3.63, 3.8) is 0 Å². The van der Waals surface area contributed by atoms with Crippen LogP contribution in [0, 0.1) is 12.8 Å². The maximum Gasteiger partial charge on any atom is 0.315 e. The van der Waals surface area contributed by atoms with E-state index < -0.39 is 0 Å². The van der Waals surface area contributed by atoms with E-state index in [0.717, 1.165) is 24.1 Å². The SMILES string of the molecule is Cc1ccncc1CNC(=O)NC[C@@H]1C[C@H]1c1ccccc1. The molecule has 0 unspecified atom stereocenters. The Morgan fingerprint density at radius 2 is 2.05 bits per heavy atom. The molecule has 0 saturated heterocycles. The fourth-order valence-corrected chi connectivity index (χ4v) is 2.73. The van der Waals surface area contributed by atoms with E-state index in [9.17, 15) is 4.79 Å². The fourth-order valence-electron chi connectivity index (χ4n) is 2.73. The first kappa shape index (κ1) is 14.6. The highest BCUT2D eigenvalue weighted by molar-refractivity contribution is 5.73. The predicted molar refractivity (Wildman–Crippen MR) is 86.5 cm³/mol. The Balaban J connectivity index is 1.40. The van der Waals surface area contributed by atoms with Crippen LogP contribution in [0.4, 0.5) is 4.79 Å². The van der Waals surface area contributed by atoms with E-state index in [1.807, 2.05) is 19.1 Å². The molecule has 2 N–H and O–H groups in total. The van der Waals surface area contributed by atoms with Crippen LogP contribution in [0.1, 0.15) is 29.0 Å². The van der Waals surface area contributed by atoms with Crippen molar-refractivity contribution in [2.75, 3.05) is 6.54 Å². The minimum absolute atomic E-state index is 0.109. The van der Waals surface area contributed by atoms with Crippen LogP contribution < -0.4 is 10.6 Å². The summed E-state index contributed by atoms with van der Waals surface area (Å²) in [5.41, 5.74) is 3.56. The highest BCUT2D eigenvalue weighted by Gasteiger charge is 2.37. The lowest BCUT2D eigenvalue weighted by molar-refractivity contribution is 0.240. The molecule has 3 rings (SSSR count). The lowest BCUT2D eigenvalue weighted by Crippen LogP contribution is -2.36. The lowest BCUT2D eigenvalue weighted by atomic mass is 10.1. The van der Waals surface area contributed by atoms with Crippen LogP contribution in [-0.4, -0.2) is 17.6 Å². The van der Waals surface area contributed by atoms with Crippen LogP contribution in [0.25, 0.3) is 0 Å². The first-order valence-electron chi connectivity index (χ1n) is 7.70. The summed E-state index contributed by atoms with van der Waals surface area (Å²) in [5.74, 6) is 1.16. The maximum atomic E-state index is 11.9. The van der Waals surface area contributed by atoms with Gasteiger partial charge >= 0.3 is 6.03 Å². The zero-order valence-corrected chi connectivity index (χ0v) is 12.8. The number of carbonyl (C=O) groups excluding carboxylic acids is 1. The van der Waals surface area contributed by atoms with Gasteiger partial charge in [0, 0.05) is 25.5 Å². The van der Waals surface area contributed by atoms with Gasteiger partial charge < -0.3 is 10.6 Å². The van der Waals surface area contributed by atoms with Crippen molar-refractivity contribution >= 4 is 6.03 Å². The van der Waals surface area contributed by atoms with Crippen molar-refractivity contribution in [2.45, 2.75) is 25.8 Å². The van der Waals surface area contributed by atoms with Gasteiger partial charge in [-0.15, -0.1) is 0 Å². The summed E-state index contributed by atoms with van der Waals surface area (Å²) >= 11 is 0. The molecule has 1 saturated carbocycles. The molecule has 0 bridgehead atoms. The van der Waals surface area contributed by atoms with Crippen molar-refractivity contribution in [3.05, 3.63) is 65.5 Å². The summed E-state index contributed by atoms with van der Waals surface area (Å²) in [6, 6.07) is 12.3. The number of pyridine rings is 1.